The zero-order chi connectivity index (χ0) is 13.1. The van der Waals surface area contributed by atoms with E-state index in [2.05, 4.69) is 34.7 Å². The third kappa shape index (κ3) is 3.73. The largest absolute Gasteiger partial charge is 0.377 e. The first-order chi connectivity index (χ1) is 8.60. The summed E-state index contributed by atoms with van der Waals surface area (Å²) in [7, 11) is 1.97. The molecular formula is C13H22ClN5. The van der Waals surface area contributed by atoms with Gasteiger partial charge in [-0.3, -0.25) is 9.36 Å². The van der Waals surface area contributed by atoms with Crippen molar-refractivity contribution < 1.29 is 0 Å². The summed E-state index contributed by atoms with van der Waals surface area (Å²) in [4.78, 5) is 0. The number of aromatic nitrogens is 4. The SMILES string of the molecule is CCCn1cc(NCc2cc(C)nn2C)c(C)n1.Cl. The highest BCUT2D eigenvalue weighted by Gasteiger charge is 2.06. The molecule has 0 saturated carbocycles. The first-order valence-electron chi connectivity index (χ1n) is 6.37. The van der Waals surface area contributed by atoms with E-state index in [1.54, 1.807) is 0 Å². The lowest BCUT2D eigenvalue weighted by molar-refractivity contribution is 0.598. The summed E-state index contributed by atoms with van der Waals surface area (Å²) in [5, 5.41) is 12.2. The Hall–Kier alpha value is -1.49. The number of hydrogen-bond donors (Lipinski definition) is 1. The van der Waals surface area contributed by atoms with Crippen molar-refractivity contribution in [3.8, 4) is 0 Å². The highest BCUT2D eigenvalue weighted by Crippen LogP contribution is 2.14. The van der Waals surface area contributed by atoms with Gasteiger partial charge in [0.25, 0.3) is 0 Å². The first kappa shape index (κ1) is 15.6. The van der Waals surface area contributed by atoms with Crippen LogP contribution >= 0.6 is 12.4 Å². The van der Waals surface area contributed by atoms with E-state index in [4.69, 9.17) is 0 Å². The van der Waals surface area contributed by atoms with Crippen molar-refractivity contribution in [1.29, 1.82) is 0 Å². The van der Waals surface area contributed by atoms with Crippen LogP contribution in [-0.4, -0.2) is 19.6 Å². The smallest absolute Gasteiger partial charge is 0.0825 e. The van der Waals surface area contributed by atoms with Crippen LogP contribution in [0.15, 0.2) is 12.3 Å². The van der Waals surface area contributed by atoms with Crippen LogP contribution in [0.2, 0.25) is 0 Å². The molecule has 6 heteroatoms. The Balaban J connectivity index is 0.00000180. The minimum absolute atomic E-state index is 0. The standard InChI is InChI=1S/C13H21N5.ClH/c1-5-6-18-9-13(11(3)16-18)14-8-12-7-10(2)15-17(12)4;/h7,9,14H,5-6,8H2,1-4H3;1H. The molecule has 0 fully saturated rings. The summed E-state index contributed by atoms with van der Waals surface area (Å²) in [6.07, 6.45) is 3.17. The molecule has 0 aliphatic carbocycles. The molecule has 0 bridgehead atoms. The number of anilines is 1. The number of halogens is 1. The summed E-state index contributed by atoms with van der Waals surface area (Å²) in [6, 6.07) is 2.10. The van der Waals surface area contributed by atoms with E-state index >= 15 is 0 Å². The lowest BCUT2D eigenvalue weighted by Crippen LogP contribution is -2.05. The van der Waals surface area contributed by atoms with Crippen LogP contribution in [0.4, 0.5) is 5.69 Å². The summed E-state index contributed by atoms with van der Waals surface area (Å²) >= 11 is 0. The minimum Gasteiger partial charge on any atom is -0.377 e. The van der Waals surface area contributed by atoms with E-state index in [0.717, 1.165) is 36.6 Å². The Morgan fingerprint density at radius 1 is 1.26 bits per heavy atom. The molecule has 2 rings (SSSR count). The molecule has 2 aromatic heterocycles. The van der Waals surface area contributed by atoms with Crippen LogP contribution < -0.4 is 5.32 Å². The van der Waals surface area contributed by atoms with Gasteiger partial charge in [-0.1, -0.05) is 6.92 Å². The Labute approximate surface area is 120 Å². The average molecular weight is 284 g/mol. The van der Waals surface area contributed by atoms with Crippen LogP contribution in [0.5, 0.6) is 0 Å². The van der Waals surface area contributed by atoms with E-state index in [-0.39, 0.29) is 12.4 Å². The van der Waals surface area contributed by atoms with E-state index in [1.165, 1.54) is 5.69 Å². The van der Waals surface area contributed by atoms with Crippen molar-refractivity contribution in [2.45, 2.75) is 40.3 Å². The van der Waals surface area contributed by atoms with Crippen molar-refractivity contribution in [3.63, 3.8) is 0 Å². The van der Waals surface area contributed by atoms with E-state index in [9.17, 15) is 0 Å². The second-order valence-corrected chi connectivity index (χ2v) is 4.65. The van der Waals surface area contributed by atoms with Gasteiger partial charge in [-0.05, 0) is 26.3 Å². The van der Waals surface area contributed by atoms with Crippen molar-refractivity contribution in [2.24, 2.45) is 7.05 Å². The summed E-state index contributed by atoms with van der Waals surface area (Å²) in [5.74, 6) is 0. The molecule has 2 heterocycles. The summed E-state index contributed by atoms with van der Waals surface area (Å²) in [6.45, 7) is 7.93. The van der Waals surface area contributed by atoms with Gasteiger partial charge in [0.2, 0.25) is 0 Å². The fraction of sp³-hybridized carbons (Fsp3) is 0.538. The Morgan fingerprint density at radius 3 is 2.58 bits per heavy atom. The van der Waals surface area contributed by atoms with Gasteiger partial charge in [0, 0.05) is 19.8 Å². The third-order valence-electron chi connectivity index (χ3n) is 2.96. The highest BCUT2D eigenvalue weighted by molar-refractivity contribution is 5.85. The molecule has 0 unspecified atom stereocenters. The van der Waals surface area contributed by atoms with Gasteiger partial charge in [0.1, 0.15) is 0 Å². The maximum atomic E-state index is 4.47. The van der Waals surface area contributed by atoms with Crippen LogP contribution in [0, 0.1) is 13.8 Å². The maximum Gasteiger partial charge on any atom is 0.0825 e. The van der Waals surface area contributed by atoms with Gasteiger partial charge in [-0.25, -0.2) is 0 Å². The molecule has 5 nitrogen and oxygen atoms in total. The molecule has 19 heavy (non-hydrogen) atoms. The third-order valence-corrected chi connectivity index (χ3v) is 2.96. The van der Waals surface area contributed by atoms with Gasteiger partial charge < -0.3 is 5.32 Å². The normalized spacial score (nSPS) is 10.3. The molecular weight excluding hydrogens is 262 g/mol. The van der Waals surface area contributed by atoms with E-state index in [0.29, 0.717) is 0 Å². The molecule has 1 N–H and O–H groups in total. The van der Waals surface area contributed by atoms with Crippen LogP contribution in [0.25, 0.3) is 0 Å². The lowest BCUT2D eigenvalue weighted by atomic mass is 10.3. The number of nitrogens with zero attached hydrogens (tertiary/aromatic N) is 4. The Morgan fingerprint density at radius 2 is 2.00 bits per heavy atom. The maximum absolute atomic E-state index is 4.47. The molecule has 106 valence electrons. The molecule has 0 radical (unpaired) electrons. The Bertz CT molecular complexity index is 529. The zero-order valence-electron chi connectivity index (χ0n) is 12.0. The monoisotopic (exact) mass is 283 g/mol. The van der Waals surface area contributed by atoms with Gasteiger partial charge in [0.05, 0.1) is 29.3 Å². The molecule has 0 saturated heterocycles. The van der Waals surface area contributed by atoms with Gasteiger partial charge in [-0.2, -0.15) is 10.2 Å². The van der Waals surface area contributed by atoms with Crippen molar-refractivity contribution >= 4 is 18.1 Å². The fourth-order valence-corrected chi connectivity index (χ4v) is 2.05. The van der Waals surface area contributed by atoms with Crippen molar-refractivity contribution in [1.82, 2.24) is 19.6 Å². The van der Waals surface area contributed by atoms with Crippen LogP contribution in [0.3, 0.4) is 0 Å². The number of aryl methyl sites for hydroxylation is 4. The highest BCUT2D eigenvalue weighted by atomic mass is 35.5. The molecule has 0 amide bonds. The van der Waals surface area contributed by atoms with Crippen LogP contribution in [0.1, 0.15) is 30.4 Å². The predicted octanol–water partition coefficient (Wildman–Crippen LogP) is 2.68. The zero-order valence-corrected chi connectivity index (χ0v) is 12.8. The summed E-state index contributed by atoms with van der Waals surface area (Å²) in [5.41, 5.74) is 4.37. The predicted molar refractivity (Wildman–Crippen MR) is 79.8 cm³/mol. The van der Waals surface area contributed by atoms with Gasteiger partial charge >= 0.3 is 0 Å². The lowest BCUT2D eigenvalue weighted by Gasteiger charge is -2.04. The molecule has 0 atom stereocenters. The number of rotatable bonds is 5. The molecule has 0 aliphatic rings. The molecule has 0 spiro atoms. The summed E-state index contributed by atoms with van der Waals surface area (Å²) < 4.78 is 3.90. The topological polar surface area (TPSA) is 47.7 Å². The minimum atomic E-state index is 0. The fourth-order valence-electron chi connectivity index (χ4n) is 2.05. The molecule has 0 aromatic carbocycles. The van der Waals surface area contributed by atoms with E-state index < -0.39 is 0 Å². The second kappa shape index (κ2) is 6.61. The number of nitrogens with one attached hydrogen (secondary N) is 1. The number of hydrogen-bond acceptors (Lipinski definition) is 3. The average Bonchev–Trinajstić information content (AvgIpc) is 2.80. The van der Waals surface area contributed by atoms with Gasteiger partial charge in [-0.15, -0.1) is 12.4 Å². The molecule has 2 aromatic rings. The van der Waals surface area contributed by atoms with E-state index in [1.807, 2.05) is 30.3 Å². The first-order valence-corrected chi connectivity index (χ1v) is 6.37. The van der Waals surface area contributed by atoms with Crippen molar-refractivity contribution in [2.75, 3.05) is 5.32 Å². The van der Waals surface area contributed by atoms with Crippen molar-refractivity contribution in [3.05, 3.63) is 29.3 Å². The van der Waals surface area contributed by atoms with Gasteiger partial charge in [0.15, 0.2) is 0 Å². The Kier molecular flexibility index (Phi) is 5.42. The second-order valence-electron chi connectivity index (χ2n) is 4.65. The molecule has 0 aliphatic heterocycles. The quantitative estimate of drug-likeness (QED) is 0.918. The van der Waals surface area contributed by atoms with Crippen LogP contribution in [-0.2, 0) is 20.1 Å².